The van der Waals surface area contributed by atoms with E-state index < -0.39 is 27.7 Å². The van der Waals surface area contributed by atoms with E-state index in [1.165, 1.54) is 18.2 Å². The quantitative estimate of drug-likeness (QED) is 0.521. The molecule has 2 heterocycles. The summed E-state index contributed by atoms with van der Waals surface area (Å²) in [6, 6.07) is 5.33. The molecule has 1 amide bonds. The van der Waals surface area contributed by atoms with Gasteiger partial charge in [0.05, 0.1) is 17.5 Å². The van der Waals surface area contributed by atoms with E-state index in [9.17, 15) is 22.4 Å². The molecule has 0 bridgehead atoms. The number of halogens is 1. The number of sulfone groups is 1. The first-order valence-corrected chi connectivity index (χ1v) is 10.3. The molecular weight excluding hydrogens is 379 g/mol. The number of carbonyl (C=O) groups excluding carboxylic acids is 2. The summed E-state index contributed by atoms with van der Waals surface area (Å²) in [6.07, 6.45) is 0.494. The maximum Gasteiger partial charge on any atom is 0.354 e. The number of hydrogen-bond donors (Lipinski definition) is 0. The zero-order valence-electron chi connectivity index (χ0n) is 14.5. The van der Waals surface area contributed by atoms with Gasteiger partial charge >= 0.3 is 5.97 Å². The van der Waals surface area contributed by atoms with Crippen LogP contribution in [-0.2, 0) is 24.2 Å². The molecule has 27 heavy (non-hydrogen) atoms. The number of rotatable bonds is 6. The summed E-state index contributed by atoms with van der Waals surface area (Å²) in [7, 11) is -3.18. The van der Waals surface area contributed by atoms with Crippen LogP contribution in [0.5, 0.6) is 5.75 Å². The Morgan fingerprint density at radius 1 is 1.26 bits per heavy atom. The molecule has 1 fully saturated rings. The first-order chi connectivity index (χ1) is 12.9. The van der Waals surface area contributed by atoms with Gasteiger partial charge in [-0.05, 0) is 18.6 Å². The Labute approximate surface area is 155 Å². The SMILES string of the molecule is O=C(OCCOc1ccccc1F)C1=NN([C@H]2CCS(=O)(=O)C2)C(=O)CC1. The average molecular weight is 398 g/mol. The van der Waals surface area contributed by atoms with Crippen molar-refractivity contribution in [3.05, 3.63) is 30.1 Å². The van der Waals surface area contributed by atoms with E-state index in [1.807, 2.05) is 0 Å². The highest BCUT2D eigenvalue weighted by Crippen LogP contribution is 2.22. The van der Waals surface area contributed by atoms with Gasteiger partial charge in [0.2, 0.25) is 5.91 Å². The fourth-order valence-electron chi connectivity index (χ4n) is 2.90. The third-order valence-corrected chi connectivity index (χ3v) is 6.01. The second-order valence-corrected chi connectivity index (χ2v) is 8.49. The number of benzene rings is 1. The third kappa shape index (κ3) is 4.82. The van der Waals surface area contributed by atoms with Crippen molar-refractivity contribution < 1.29 is 31.9 Å². The summed E-state index contributed by atoms with van der Waals surface area (Å²) in [5, 5.41) is 5.12. The lowest BCUT2D eigenvalue weighted by Crippen LogP contribution is -2.42. The highest BCUT2D eigenvalue weighted by atomic mass is 32.2. The number of hydrazone groups is 1. The molecule has 2 aliphatic heterocycles. The molecule has 2 aliphatic rings. The summed E-state index contributed by atoms with van der Waals surface area (Å²) in [6.45, 7) is -0.151. The molecule has 3 rings (SSSR count). The number of nitrogens with zero attached hydrogens (tertiary/aromatic N) is 2. The van der Waals surface area contributed by atoms with E-state index in [4.69, 9.17) is 9.47 Å². The van der Waals surface area contributed by atoms with Crippen molar-refractivity contribution in [2.75, 3.05) is 24.7 Å². The van der Waals surface area contributed by atoms with Gasteiger partial charge in [0.1, 0.15) is 18.9 Å². The van der Waals surface area contributed by atoms with Crippen LogP contribution in [0.15, 0.2) is 29.4 Å². The summed E-state index contributed by atoms with van der Waals surface area (Å²) in [5.41, 5.74) is 0.0600. The van der Waals surface area contributed by atoms with Crippen molar-refractivity contribution in [2.24, 2.45) is 5.10 Å². The monoisotopic (exact) mass is 398 g/mol. The standard InChI is InChI=1S/C17H19FN2O6S/c18-13-3-1-2-4-15(13)25-8-9-26-17(22)14-5-6-16(21)20(19-14)12-7-10-27(23,24)11-12/h1-4,12H,5-11H2/t12-/m0/s1. The maximum atomic E-state index is 13.4. The van der Waals surface area contributed by atoms with Crippen LogP contribution < -0.4 is 4.74 Å². The van der Waals surface area contributed by atoms with Crippen molar-refractivity contribution >= 4 is 27.4 Å². The molecule has 0 N–H and O–H groups in total. The zero-order valence-corrected chi connectivity index (χ0v) is 15.3. The number of hydrogen-bond acceptors (Lipinski definition) is 7. The predicted molar refractivity (Wildman–Crippen MR) is 93.4 cm³/mol. The molecule has 1 atom stereocenters. The Hall–Kier alpha value is -2.49. The minimum absolute atomic E-state index is 0.00410. The lowest BCUT2D eigenvalue weighted by molar-refractivity contribution is -0.137. The molecular formula is C17H19FN2O6S. The maximum absolute atomic E-state index is 13.4. The number of para-hydroxylation sites is 1. The van der Waals surface area contributed by atoms with Gasteiger partial charge in [0.15, 0.2) is 21.4 Å². The van der Waals surface area contributed by atoms with Crippen LogP contribution in [0.3, 0.4) is 0 Å². The molecule has 10 heteroatoms. The number of amides is 1. The lowest BCUT2D eigenvalue weighted by atomic mass is 10.1. The van der Waals surface area contributed by atoms with Crippen molar-refractivity contribution in [1.29, 1.82) is 0 Å². The Bertz CT molecular complexity index is 870. The normalized spacial score (nSPS) is 21.7. The van der Waals surface area contributed by atoms with E-state index in [2.05, 4.69) is 5.10 Å². The van der Waals surface area contributed by atoms with Crippen LogP contribution in [0, 0.1) is 5.82 Å². The van der Waals surface area contributed by atoms with Crippen LogP contribution in [0.2, 0.25) is 0 Å². The number of ether oxygens (including phenoxy) is 2. The van der Waals surface area contributed by atoms with Crippen molar-refractivity contribution in [3.63, 3.8) is 0 Å². The topological polar surface area (TPSA) is 102 Å². The van der Waals surface area contributed by atoms with E-state index in [-0.39, 0.29) is 54.9 Å². The molecule has 0 spiro atoms. The van der Waals surface area contributed by atoms with Crippen LogP contribution in [0.1, 0.15) is 19.3 Å². The van der Waals surface area contributed by atoms with Crippen molar-refractivity contribution in [2.45, 2.75) is 25.3 Å². The van der Waals surface area contributed by atoms with Gasteiger partial charge in [-0.25, -0.2) is 22.6 Å². The molecule has 1 aromatic rings. The minimum atomic E-state index is -3.18. The zero-order chi connectivity index (χ0) is 19.4. The van der Waals surface area contributed by atoms with E-state index in [0.717, 1.165) is 5.01 Å². The van der Waals surface area contributed by atoms with Crippen LogP contribution in [-0.4, -0.2) is 61.8 Å². The van der Waals surface area contributed by atoms with Gasteiger partial charge in [-0.1, -0.05) is 12.1 Å². The van der Waals surface area contributed by atoms with Gasteiger partial charge in [-0.2, -0.15) is 5.10 Å². The first kappa shape index (κ1) is 19.3. The van der Waals surface area contributed by atoms with Crippen molar-refractivity contribution in [3.8, 4) is 5.75 Å². The summed E-state index contributed by atoms with van der Waals surface area (Å²) in [4.78, 5) is 24.2. The summed E-state index contributed by atoms with van der Waals surface area (Å²) >= 11 is 0. The van der Waals surface area contributed by atoms with Crippen LogP contribution >= 0.6 is 0 Å². The first-order valence-electron chi connectivity index (χ1n) is 8.50. The molecule has 0 unspecified atom stereocenters. The molecule has 0 aliphatic carbocycles. The Balaban J connectivity index is 1.53. The smallest absolute Gasteiger partial charge is 0.354 e. The second-order valence-electron chi connectivity index (χ2n) is 6.26. The van der Waals surface area contributed by atoms with Gasteiger partial charge in [-0.15, -0.1) is 0 Å². The summed E-state index contributed by atoms with van der Waals surface area (Å²) < 4.78 is 46.9. The molecule has 0 aromatic heterocycles. The minimum Gasteiger partial charge on any atom is -0.487 e. The molecule has 146 valence electrons. The fourth-order valence-corrected chi connectivity index (χ4v) is 4.60. The van der Waals surface area contributed by atoms with Crippen LogP contribution in [0.4, 0.5) is 4.39 Å². The molecule has 8 nitrogen and oxygen atoms in total. The molecule has 0 saturated carbocycles. The Kier molecular flexibility index (Phi) is 5.73. The highest BCUT2D eigenvalue weighted by molar-refractivity contribution is 7.91. The van der Waals surface area contributed by atoms with Gasteiger partial charge < -0.3 is 9.47 Å². The molecule has 0 radical (unpaired) electrons. The highest BCUT2D eigenvalue weighted by Gasteiger charge is 2.37. The number of esters is 1. The van der Waals surface area contributed by atoms with Gasteiger partial charge in [0.25, 0.3) is 0 Å². The van der Waals surface area contributed by atoms with E-state index >= 15 is 0 Å². The van der Waals surface area contributed by atoms with Crippen molar-refractivity contribution in [1.82, 2.24) is 5.01 Å². The predicted octanol–water partition coefficient (Wildman–Crippen LogP) is 0.913. The van der Waals surface area contributed by atoms with Gasteiger partial charge in [-0.3, -0.25) is 4.79 Å². The second kappa shape index (κ2) is 8.03. The van der Waals surface area contributed by atoms with E-state index in [1.54, 1.807) is 6.07 Å². The van der Waals surface area contributed by atoms with Gasteiger partial charge in [0, 0.05) is 12.8 Å². The Morgan fingerprint density at radius 2 is 2.04 bits per heavy atom. The molecule has 1 saturated heterocycles. The third-order valence-electron chi connectivity index (χ3n) is 4.26. The average Bonchev–Trinajstić information content (AvgIpc) is 3.00. The van der Waals surface area contributed by atoms with Crippen LogP contribution in [0.25, 0.3) is 0 Å². The lowest BCUT2D eigenvalue weighted by Gasteiger charge is -2.27. The molecule has 1 aromatic carbocycles. The summed E-state index contributed by atoms with van der Waals surface area (Å²) in [5.74, 6) is -1.61. The largest absolute Gasteiger partial charge is 0.487 e. The fraction of sp³-hybridized carbons (Fsp3) is 0.471. The Morgan fingerprint density at radius 3 is 2.74 bits per heavy atom. The number of carbonyl (C=O) groups is 2. The van der Waals surface area contributed by atoms with E-state index in [0.29, 0.717) is 6.42 Å².